The number of rotatable bonds is 6. The molecule has 88 valence electrons. The smallest absolute Gasteiger partial charge is 0.126 e. The Morgan fingerprint density at radius 1 is 1.44 bits per heavy atom. The third kappa shape index (κ3) is 4.25. The van der Waals surface area contributed by atoms with Crippen LogP contribution in [-0.4, -0.2) is 20.2 Å². The summed E-state index contributed by atoms with van der Waals surface area (Å²) in [4.78, 5) is 0. The van der Waals surface area contributed by atoms with Gasteiger partial charge in [-0.2, -0.15) is 0 Å². The zero-order valence-corrected chi connectivity index (χ0v) is 10.6. The lowest BCUT2D eigenvalue weighted by Crippen LogP contribution is -2.12. The highest BCUT2D eigenvalue weighted by molar-refractivity contribution is 6.30. The van der Waals surface area contributed by atoms with Gasteiger partial charge < -0.3 is 10.1 Å². The second kappa shape index (κ2) is 7.31. The molecule has 0 aliphatic carbocycles. The number of benzene rings is 1. The van der Waals surface area contributed by atoms with E-state index in [9.17, 15) is 0 Å². The van der Waals surface area contributed by atoms with Crippen molar-refractivity contribution in [3.63, 3.8) is 0 Å². The predicted molar refractivity (Wildman–Crippen MR) is 70.2 cm³/mol. The standard InChI is InChI=1S/C13H18ClNO/c1-3-15-9-5-4-6-11-10-12(14)7-8-13(11)16-2/h4,6-8,10,15H,3,5,9H2,1-2H3. The summed E-state index contributed by atoms with van der Waals surface area (Å²) in [5.74, 6) is 0.851. The number of ether oxygens (including phenoxy) is 1. The molecule has 0 unspecified atom stereocenters. The van der Waals surface area contributed by atoms with Crippen molar-refractivity contribution in [2.75, 3.05) is 20.2 Å². The van der Waals surface area contributed by atoms with E-state index in [1.54, 1.807) is 7.11 Å². The van der Waals surface area contributed by atoms with E-state index in [1.165, 1.54) is 0 Å². The van der Waals surface area contributed by atoms with Crippen LogP contribution in [0.2, 0.25) is 5.02 Å². The summed E-state index contributed by atoms with van der Waals surface area (Å²) in [5, 5.41) is 3.99. The Bertz CT molecular complexity index is 350. The Labute approximate surface area is 102 Å². The molecule has 1 N–H and O–H groups in total. The van der Waals surface area contributed by atoms with Crippen LogP contribution in [0.25, 0.3) is 6.08 Å². The van der Waals surface area contributed by atoms with E-state index >= 15 is 0 Å². The molecular formula is C13H18ClNO. The second-order valence-corrected chi connectivity index (χ2v) is 3.87. The molecule has 0 aromatic heterocycles. The number of hydrogen-bond acceptors (Lipinski definition) is 2. The van der Waals surface area contributed by atoms with Crippen LogP contribution in [-0.2, 0) is 0 Å². The predicted octanol–water partition coefficient (Wildman–Crippen LogP) is 3.36. The van der Waals surface area contributed by atoms with Gasteiger partial charge in [-0.1, -0.05) is 30.7 Å². The van der Waals surface area contributed by atoms with Crippen LogP contribution >= 0.6 is 11.6 Å². The van der Waals surface area contributed by atoms with E-state index in [2.05, 4.69) is 18.3 Å². The van der Waals surface area contributed by atoms with Crippen LogP contribution in [0.4, 0.5) is 0 Å². The molecule has 3 heteroatoms. The van der Waals surface area contributed by atoms with Gasteiger partial charge in [0.2, 0.25) is 0 Å². The largest absolute Gasteiger partial charge is 0.496 e. The maximum absolute atomic E-state index is 5.93. The molecule has 0 saturated heterocycles. The number of methoxy groups -OCH3 is 1. The van der Waals surface area contributed by atoms with Gasteiger partial charge in [-0.25, -0.2) is 0 Å². The van der Waals surface area contributed by atoms with Gasteiger partial charge in [-0.05, 0) is 37.7 Å². The zero-order valence-electron chi connectivity index (χ0n) is 9.79. The Kier molecular flexibility index (Phi) is 5.98. The molecule has 0 aliphatic heterocycles. The quantitative estimate of drug-likeness (QED) is 0.769. The van der Waals surface area contributed by atoms with Crippen molar-refractivity contribution in [3.05, 3.63) is 34.9 Å². The highest BCUT2D eigenvalue weighted by Gasteiger charge is 1.99. The molecule has 16 heavy (non-hydrogen) atoms. The summed E-state index contributed by atoms with van der Waals surface area (Å²) in [6.45, 7) is 4.11. The van der Waals surface area contributed by atoms with Crippen molar-refractivity contribution < 1.29 is 4.74 Å². The van der Waals surface area contributed by atoms with E-state index in [-0.39, 0.29) is 0 Å². The minimum Gasteiger partial charge on any atom is -0.496 e. The first kappa shape index (κ1) is 13.1. The average molecular weight is 240 g/mol. The number of hydrogen-bond donors (Lipinski definition) is 1. The van der Waals surface area contributed by atoms with Gasteiger partial charge in [0.15, 0.2) is 0 Å². The molecule has 0 radical (unpaired) electrons. The summed E-state index contributed by atoms with van der Waals surface area (Å²) in [6, 6.07) is 5.62. The summed E-state index contributed by atoms with van der Waals surface area (Å²) in [7, 11) is 1.67. The first-order chi connectivity index (χ1) is 7.77. The summed E-state index contributed by atoms with van der Waals surface area (Å²) < 4.78 is 5.25. The Balaban J connectivity index is 2.60. The normalized spacial score (nSPS) is 10.9. The Morgan fingerprint density at radius 3 is 2.94 bits per heavy atom. The summed E-state index contributed by atoms with van der Waals surface area (Å²) >= 11 is 5.93. The van der Waals surface area contributed by atoms with Crippen molar-refractivity contribution in [3.8, 4) is 5.75 Å². The van der Waals surface area contributed by atoms with Crippen molar-refractivity contribution in [2.45, 2.75) is 13.3 Å². The topological polar surface area (TPSA) is 21.3 Å². The van der Waals surface area contributed by atoms with Crippen LogP contribution in [0.5, 0.6) is 5.75 Å². The minimum atomic E-state index is 0.729. The maximum atomic E-state index is 5.93. The lowest BCUT2D eigenvalue weighted by molar-refractivity contribution is 0.414. The molecule has 2 nitrogen and oxygen atoms in total. The molecule has 0 aliphatic rings. The Hall–Kier alpha value is -0.990. The molecule has 0 heterocycles. The van der Waals surface area contributed by atoms with Gasteiger partial charge in [-0.3, -0.25) is 0 Å². The third-order valence-corrected chi connectivity index (χ3v) is 2.46. The molecule has 0 amide bonds. The van der Waals surface area contributed by atoms with Crippen LogP contribution in [0.15, 0.2) is 24.3 Å². The van der Waals surface area contributed by atoms with Crippen molar-refractivity contribution in [2.24, 2.45) is 0 Å². The second-order valence-electron chi connectivity index (χ2n) is 3.43. The molecule has 0 saturated carbocycles. The number of nitrogens with one attached hydrogen (secondary N) is 1. The van der Waals surface area contributed by atoms with E-state index in [0.29, 0.717) is 0 Å². The maximum Gasteiger partial charge on any atom is 0.126 e. The first-order valence-electron chi connectivity index (χ1n) is 5.48. The molecule has 0 spiro atoms. The number of halogens is 1. The molecule has 0 fully saturated rings. The fourth-order valence-corrected chi connectivity index (χ4v) is 1.59. The van der Waals surface area contributed by atoms with Crippen LogP contribution in [0, 0.1) is 0 Å². The molecule has 0 bridgehead atoms. The van der Waals surface area contributed by atoms with E-state index < -0.39 is 0 Å². The van der Waals surface area contributed by atoms with Gasteiger partial charge in [0.25, 0.3) is 0 Å². The van der Waals surface area contributed by atoms with Gasteiger partial charge >= 0.3 is 0 Å². The van der Waals surface area contributed by atoms with E-state index in [1.807, 2.05) is 24.3 Å². The average Bonchev–Trinajstić information content (AvgIpc) is 2.29. The summed E-state index contributed by atoms with van der Waals surface area (Å²) in [6.07, 6.45) is 5.17. The lowest BCUT2D eigenvalue weighted by atomic mass is 10.1. The highest BCUT2D eigenvalue weighted by atomic mass is 35.5. The fourth-order valence-electron chi connectivity index (χ4n) is 1.41. The van der Waals surface area contributed by atoms with Gasteiger partial charge in [0.1, 0.15) is 5.75 Å². The van der Waals surface area contributed by atoms with Crippen LogP contribution in [0.3, 0.4) is 0 Å². The lowest BCUT2D eigenvalue weighted by Gasteiger charge is -2.04. The van der Waals surface area contributed by atoms with Gasteiger partial charge in [0, 0.05) is 10.6 Å². The molecule has 0 atom stereocenters. The van der Waals surface area contributed by atoms with Crippen molar-refractivity contribution in [1.82, 2.24) is 5.32 Å². The molecule has 1 aromatic rings. The third-order valence-electron chi connectivity index (χ3n) is 2.23. The van der Waals surface area contributed by atoms with Gasteiger partial charge in [0.05, 0.1) is 7.11 Å². The van der Waals surface area contributed by atoms with Crippen LogP contribution in [0.1, 0.15) is 18.9 Å². The van der Waals surface area contributed by atoms with Crippen LogP contribution < -0.4 is 10.1 Å². The van der Waals surface area contributed by atoms with E-state index in [4.69, 9.17) is 16.3 Å². The zero-order chi connectivity index (χ0) is 11.8. The van der Waals surface area contributed by atoms with Crippen molar-refractivity contribution >= 4 is 17.7 Å². The molecular weight excluding hydrogens is 222 g/mol. The van der Waals surface area contributed by atoms with Gasteiger partial charge in [-0.15, -0.1) is 0 Å². The SMILES string of the molecule is CCNCCC=Cc1cc(Cl)ccc1OC. The molecule has 1 rings (SSSR count). The van der Waals surface area contributed by atoms with Crippen molar-refractivity contribution in [1.29, 1.82) is 0 Å². The highest BCUT2D eigenvalue weighted by Crippen LogP contribution is 2.23. The first-order valence-corrected chi connectivity index (χ1v) is 5.86. The monoisotopic (exact) mass is 239 g/mol. The minimum absolute atomic E-state index is 0.729. The summed E-state index contributed by atoms with van der Waals surface area (Å²) in [5.41, 5.74) is 1.02. The molecule has 1 aromatic carbocycles. The fraction of sp³-hybridized carbons (Fsp3) is 0.385. The van der Waals surface area contributed by atoms with E-state index in [0.717, 1.165) is 35.8 Å². The Morgan fingerprint density at radius 2 is 2.25 bits per heavy atom.